The van der Waals surface area contributed by atoms with E-state index < -0.39 is 21.2 Å². The quantitative estimate of drug-likeness (QED) is 0.602. The van der Waals surface area contributed by atoms with Crippen LogP contribution >= 0.6 is 0 Å². The summed E-state index contributed by atoms with van der Waals surface area (Å²) in [6, 6.07) is 3.54. The van der Waals surface area contributed by atoms with E-state index in [-0.39, 0.29) is 11.2 Å². The molecule has 0 fully saturated rings. The molecule has 0 heterocycles. The molecule has 0 aliphatic rings. The zero-order valence-electron chi connectivity index (χ0n) is 11.1. The van der Waals surface area contributed by atoms with E-state index in [9.17, 15) is 20.2 Å². The van der Waals surface area contributed by atoms with Gasteiger partial charge in [0.25, 0.3) is 0 Å². The van der Waals surface area contributed by atoms with E-state index in [0.717, 1.165) is 18.6 Å². The fourth-order valence-electron chi connectivity index (χ4n) is 1.37. The molecule has 1 aromatic rings. The Balaban J connectivity index is 2.85. The van der Waals surface area contributed by atoms with Crippen molar-refractivity contribution in [3.05, 3.63) is 38.4 Å². The molecule has 1 rings (SSSR count). The maximum atomic E-state index is 10.8. The topological polar surface area (TPSA) is 95.5 Å². The summed E-state index contributed by atoms with van der Waals surface area (Å²) in [5, 5.41) is 21.4. The molecule has 0 amide bonds. The van der Waals surface area contributed by atoms with Gasteiger partial charge in [0, 0.05) is 6.07 Å². The first-order valence-electron chi connectivity index (χ1n) is 5.76. The van der Waals surface area contributed by atoms with Gasteiger partial charge in [-0.05, 0) is 17.9 Å². The SMILES string of the molecule is CC(C)(C)CCOc1ccc([N+](=O)[O-])c([N+](=O)[O-])c1. The van der Waals surface area contributed by atoms with Crippen molar-refractivity contribution < 1.29 is 14.6 Å². The number of nitro groups is 2. The number of hydrogen-bond acceptors (Lipinski definition) is 5. The van der Waals surface area contributed by atoms with Crippen LogP contribution in [0.1, 0.15) is 27.2 Å². The van der Waals surface area contributed by atoms with Crippen molar-refractivity contribution in [2.24, 2.45) is 5.41 Å². The molecule has 1 aromatic carbocycles. The van der Waals surface area contributed by atoms with Gasteiger partial charge in [-0.2, -0.15) is 0 Å². The predicted molar refractivity (Wildman–Crippen MR) is 69.3 cm³/mol. The molecule has 0 aliphatic heterocycles. The average Bonchev–Trinajstić information content (AvgIpc) is 2.26. The minimum Gasteiger partial charge on any atom is -0.493 e. The molecule has 0 spiro atoms. The first-order valence-corrected chi connectivity index (χ1v) is 5.76. The molecule has 0 unspecified atom stereocenters. The Hall–Kier alpha value is -2.18. The second kappa shape index (κ2) is 5.64. The molecule has 7 nitrogen and oxygen atoms in total. The summed E-state index contributed by atoms with van der Waals surface area (Å²) in [6.45, 7) is 6.55. The number of nitro benzene ring substituents is 2. The van der Waals surface area contributed by atoms with Crippen LogP contribution < -0.4 is 4.74 Å². The maximum absolute atomic E-state index is 10.8. The summed E-state index contributed by atoms with van der Waals surface area (Å²) >= 11 is 0. The number of nitrogens with zero attached hydrogens (tertiary/aromatic N) is 2. The van der Waals surface area contributed by atoms with Crippen molar-refractivity contribution in [3.8, 4) is 5.75 Å². The molecule has 0 aromatic heterocycles. The minimum atomic E-state index is -0.783. The van der Waals surface area contributed by atoms with E-state index >= 15 is 0 Å². The molecule has 0 N–H and O–H groups in total. The lowest BCUT2D eigenvalue weighted by molar-refractivity contribution is -0.422. The van der Waals surface area contributed by atoms with Gasteiger partial charge < -0.3 is 4.74 Å². The third-order valence-electron chi connectivity index (χ3n) is 2.46. The van der Waals surface area contributed by atoms with Crippen LogP contribution in [0.5, 0.6) is 5.75 Å². The van der Waals surface area contributed by atoms with Crippen LogP contribution in [-0.2, 0) is 0 Å². The van der Waals surface area contributed by atoms with Crippen LogP contribution in [-0.4, -0.2) is 16.5 Å². The fraction of sp³-hybridized carbons (Fsp3) is 0.500. The van der Waals surface area contributed by atoms with E-state index in [1.54, 1.807) is 0 Å². The first kappa shape index (κ1) is 14.9. The Kier molecular flexibility index (Phi) is 4.42. The number of rotatable bonds is 5. The van der Waals surface area contributed by atoms with Crippen LogP contribution in [0.2, 0.25) is 0 Å². The highest BCUT2D eigenvalue weighted by atomic mass is 16.6. The van der Waals surface area contributed by atoms with Crippen molar-refractivity contribution in [2.45, 2.75) is 27.2 Å². The van der Waals surface area contributed by atoms with Gasteiger partial charge in [-0.15, -0.1) is 0 Å². The minimum absolute atomic E-state index is 0.0900. The highest BCUT2D eigenvalue weighted by molar-refractivity contribution is 5.55. The Bertz CT molecular complexity index is 493. The third-order valence-corrected chi connectivity index (χ3v) is 2.46. The predicted octanol–water partition coefficient (Wildman–Crippen LogP) is 3.32. The third kappa shape index (κ3) is 4.53. The molecule has 0 radical (unpaired) electrons. The van der Waals surface area contributed by atoms with Gasteiger partial charge in [-0.25, -0.2) is 0 Å². The van der Waals surface area contributed by atoms with E-state index in [2.05, 4.69) is 20.8 Å². The smallest absolute Gasteiger partial charge is 0.349 e. The maximum Gasteiger partial charge on any atom is 0.349 e. The van der Waals surface area contributed by atoms with Crippen molar-refractivity contribution in [2.75, 3.05) is 6.61 Å². The monoisotopic (exact) mass is 268 g/mol. The van der Waals surface area contributed by atoms with Crippen LogP contribution in [0.15, 0.2) is 18.2 Å². The van der Waals surface area contributed by atoms with Crippen LogP contribution in [0.4, 0.5) is 11.4 Å². The van der Waals surface area contributed by atoms with Crippen LogP contribution in [0.3, 0.4) is 0 Å². The lowest BCUT2D eigenvalue weighted by atomic mass is 9.93. The summed E-state index contributed by atoms with van der Waals surface area (Å²) in [5.74, 6) is 0.265. The molecule has 0 saturated heterocycles. The van der Waals surface area contributed by atoms with Gasteiger partial charge in [0.15, 0.2) is 0 Å². The fourth-order valence-corrected chi connectivity index (χ4v) is 1.37. The largest absolute Gasteiger partial charge is 0.493 e. The first-order chi connectivity index (χ1) is 8.70. The normalized spacial score (nSPS) is 11.1. The van der Waals surface area contributed by atoms with Gasteiger partial charge in [0.2, 0.25) is 0 Å². The second-order valence-electron chi connectivity index (χ2n) is 5.32. The molecular formula is C12H16N2O5. The van der Waals surface area contributed by atoms with Crippen molar-refractivity contribution in [1.82, 2.24) is 0 Å². The molecule has 19 heavy (non-hydrogen) atoms. The van der Waals surface area contributed by atoms with E-state index in [1.807, 2.05) is 0 Å². The highest BCUT2D eigenvalue weighted by Crippen LogP contribution is 2.31. The zero-order chi connectivity index (χ0) is 14.6. The number of benzene rings is 1. The summed E-state index contributed by atoms with van der Waals surface area (Å²) in [6.07, 6.45) is 0.776. The summed E-state index contributed by atoms with van der Waals surface area (Å²) < 4.78 is 5.38. The van der Waals surface area contributed by atoms with E-state index in [0.29, 0.717) is 6.61 Å². The molecule has 104 valence electrons. The van der Waals surface area contributed by atoms with E-state index in [1.165, 1.54) is 6.07 Å². The Morgan fingerprint density at radius 1 is 1.11 bits per heavy atom. The number of hydrogen-bond donors (Lipinski definition) is 0. The summed E-state index contributed by atoms with van der Waals surface area (Å²) in [5.41, 5.74) is -1.00. The standard InChI is InChI=1S/C12H16N2O5/c1-12(2,3)6-7-19-9-4-5-10(13(15)16)11(8-9)14(17)18/h4-5,8H,6-7H2,1-3H3. The van der Waals surface area contributed by atoms with Crippen LogP contribution in [0.25, 0.3) is 0 Å². The van der Waals surface area contributed by atoms with Gasteiger partial charge in [-0.1, -0.05) is 20.8 Å². The summed E-state index contributed by atoms with van der Waals surface area (Å²) in [4.78, 5) is 19.8. The molecule has 0 saturated carbocycles. The average molecular weight is 268 g/mol. The molecule has 0 aliphatic carbocycles. The van der Waals surface area contributed by atoms with Crippen molar-refractivity contribution >= 4 is 11.4 Å². The van der Waals surface area contributed by atoms with Gasteiger partial charge in [0.1, 0.15) is 5.75 Å². The Morgan fingerprint density at radius 3 is 2.16 bits per heavy atom. The molecule has 7 heteroatoms. The van der Waals surface area contributed by atoms with Crippen molar-refractivity contribution in [3.63, 3.8) is 0 Å². The molecule has 0 bridgehead atoms. The molecular weight excluding hydrogens is 252 g/mol. The van der Waals surface area contributed by atoms with Gasteiger partial charge >= 0.3 is 11.4 Å². The second-order valence-corrected chi connectivity index (χ2v) is 5.32. The number of ether oxygens (including phenoxy) is 1. The Labute approximate surface area is 110 Å². The van der Waals surface area contributed by atoms with E-state index in [4.69, 9.17) is 4.74 Å². The van der Waals surface area contributed by atoms with Crippen molar-refractivity contribution in [1.29, 1.82) is 0 Å². The van der Waals surface area contributed by atoms with Crippen LogP contribution in [0, 0.1) is 25.6 Å². The lowest BCUT2D eigenvalue weighted by Crippen LogP contribution is -2.11. The summed E-state index contributed by atoms with van der Waals surface area (Å²) in [7, 11) is 0. The van der Waals surface area contributed by atoms with Gasteiger partial charge in [0.05, 0.1) is 22.5 Å². The molecule has 0 atom stereocenters. The van der Waals surface area contributed by atoms with Gasteiger partial charge in [-0.3, -0.25) is 20.2 Å². The highest BCUT2D eigenvalue weighted by Gasteiger charge is 2.24. The Morgan fingerprint density at radius 2 is 1.68 bits per heavy atom. The lowest BCUT2D eigenvalue weighted by Gasteiger charge is -2.17. The zero-order valence-corrected chi connectivity index (χ0v) is 11.1.